The maximum atomic E-state index is 3.69. The van der Waals surface area contributed by atoms with E-state index in [1.165, 1.54) is 51.5 Å². The van der Waals surface area contributed by atoms with Gasteiger partial charge in [0.2, 0.25) is 0 Å². The van der Waals surface area contributed by atoms with Gasteiger partial charge in [-0.2, -0.15) is 11.8 Å². The first-order valence-corrected chi connectivity index (χ1v) is 8.09. The molecule has 0 amide bonds. The van der Waals surface area contributed by atoms with Crippen molar-refractivity contribution in [1.82, 2.24) is 5.32 Å². The molecule has 1 saturated carbocycles. The van der Waals surface area contributed by atoms with Crippen LogP contribution in [-0.2, 0) is 0 Å². The summed E-state index contributed by atoms with van der Waals surface area (Å²) in [7, 11) is 0. The van der Waals surface area contributed by atoms with Crippen LogP contribution in [0.1, 0.15) is 65.7 Å². The van der Waals surface area contributed by atoms with E-state index in [1.54, 1.807) is 0 Å². The van der Waals surface area contributed by atoms with Crippen LogP contribution in [0, 0.1) is 0 Å². The molecule has 1 N–H and O–H groups in total. The Hall–Kier alpha value is 0.310. The van der Waals surface area contributed by atoms with Crippen LogP contribution in [0.3, 0.4) is 0 Å². The Bertz CT molecular complexity index is 162. The molecule has 0 heterocycles. The highest BCUT2D eigenvalue weighted by Crippen LogP contribution is 2.30. The lowest BCUT2D eigenvalue weighted by molar-refractivity contribution is 0.484. The molecule has 2 heteroatoms. The molecular formula is C14H29NS. The van der Waals surface area contributed by atoms with Crippen molar-refractivity contribution in [2.24, 2.45) is 0 Å². The third-order valence-electron chi connectivity index (χ3n) is 3.66. The lowest BCUT2D eigenvalue weighted by Crippen LogP contribution is -2.33. The third-order valence-corrected chi connectivity index (χ3v) is 5.14. The van der Waals surface area contributed by atoms with Crippen molar-refractivity contribution in [3.63, 3.8) is 0 Å². The van der Waals surface area contributed by atoms with Gasteiger partial charge in [0.1, 0.15) is 0 Å². The second-order valence-electron chi connectivity index (χ2n) is 5.13. The molecule has 1 atom stereocenters. The smallest absolute Gasteiger partial charge is 0.0147 e. The predicted molar refractivity (Wildman–Crippen MR) is 76.3 cm³/mol. The van der Waals surface area contributed by atoms with Crippen LogP contribution in [-0.4, -0.2) is 23.1 Å². The quantitative estimate of drug-likeness (QED) is 0.718. The van der Waals surface area contributed by atoms with Crippen LogP contribution >= 0.6 is 11.8 Å². The molecule has 0 spiro atoms. The lowest BCUT2D eigenvalue weighted by atomic mass is 10.0. The molecule has 1 unspecified atom stereocenters. The SMILES string of the molecule is CCC(CC)NCC(C)SC1CCCCC1. The van der Waals surface area contributed by atoms with Gasteiger partial charge in [0.25, 0.3) is 0 Å². The van der Waals surface area contributed by atoms with Crippen molar-refractivity contribution in [1.29, 1.82) is 0 Å². The molecule has 0 aromatic heterocycles. The van der Waals surface area contributed by atoms with Gasteiger partial charge in [0.15, 0.2) is 0 Å². The van der Waals surface area contributed by atoms with E-state index < -0.39 is 0 Å². The summed E-state index contributed by atoms with van der Waals surface area (Å²) in [6, 6.07) is 0.731. The van der Waals surface area contributed by atoms with Gasteiger partial charge in [-0.15, -0.1) is 0 Å². The molecule has 0 aromatic carbocycles. The molecule has 1 aliphatic carbocycles. The van der Waals surface area contributed by atoms with Gasteiger partial charge in [-0.05, 0) is 25.7 Å². The van der Waals surface area contributed by atoms with E-state index in [2.05, 4.69) is 37.8 Å². The summed E-state index contributed by atoms with van der Waals surface area (Å²) in [4.78, 5) is 0. The van der Waals surface area contributed by atoms with Gasteiger partial charge < -0.3 is 5.32 Å². The lowest BCUT2D eigenvalue weighted by Gasteiger charge is -2.25. The van der Waals surface area contributed by atoms with Crippen LogP contribution in [0.4, 0.5) is 0 Å². The fourth-order valence-corrected chi connectivity index (χ4v) is 3.94. The number of nitrogens with one attached hydrogen (secondary N) is 1. The molecule has 1 rings (SSSR count). The van der Waals surface area contributed by atoms with Crippen LogP contribution in [0.5, 0.6) is 0 Å². The fraction of sp³-hybridized carbons (Fsp3) is 1.00. The van der Waals surface area contributed by atoms with Gasteiger partial charge in [-0.25, -0.2) is 0 Å². The number of thioether (sulfide) groups is 1. The minimum Gasteiger partial charge on any atom is -0.313 e. The molecule has 0 bridgehead atoms. The highest BCUT2D eigenvalue weighted by Gasteiger charge is 2.17. The monoisotopic (exact) mass is 243 g/mol. The Morgan fingerprint density at radius 3 is 2.31 bits per heavy atom. The first-order valence-electron chi connectivity index (χ1n) is 7.15. The minimum atomic E-state index is 0.731. The number of hydrogen-bond acceptors (Lipinski definition) is 2. The van der Waals surface area contributed by atoms with E-state index in [9.17, 15) is 0 Å². The summed E-state index contributed by atoms with van der Waals surface area (Å²) in [5, 5.41) is 5.42. The summed E-state index contributed by atoms with van der Waals surface area (Å²) >= 11 is 2.22. The molecule has 0 saturated heterocycles. The van der Waals surface area contributed by atoms with E-state index in [4.69, 9.17) is 0 Å². The summed E-state index contributed by atoms with van der Waals surface area (Å²) in [5.74, 6) is 0. The molecular weight excluding hydrogens is 214 g/mol. The van der Waals surface area contributed by atoms with Gasteiger partial charge >= 0.3 is 0 Å². The summed E-state index contributed by atoms with van der Waals surface area (Å²) in [6.45, 7) is 8.13. The fourth-order valence-electron chi connectivity index (χ4n) is 2.49. The maximum absolute atomic E-state index is 3.69. The average molecular weight is 243 g/mol. The Kier molecular flexibility index (Phi) is 7.55. The standard InChI is InChI=1S/C14H29NS/c1-4-13(5-2)15-11-12(3)16-14-9-7-6-8-10-14/h12-15H,4-11H2,1-3H3. The second-order valence-corrected chi connectivity index (χ2v) is 6.87. The Balaban J connectivity index is 2.11. The maximum Gasteiger partial charge on any atom is 0.0147 e. The zero-order valence-corrected chi connectivity index (χ0v) is 12.1. The second kappa shape index (κ2) is 8.41. The average Bonchev–Trinajstić information content (AvgIpc) is 2.31. The first-order chi connectivity index (χ1) is 7.76. The predicted octanol–water partition coefficient (Wildman–Crippen LogP) is 4.22. The van der Waals surface area contributed by atoms with Gasteiger partial charge in [0.05, 0.1) is 0 Å². The number of rotatable bonds is 7. The Labute approximate surface area is 106 Å². The summed E-state index contributed by atoms with van der Waals surface area (Å²) < 4.78 is 0. The van der Waals surface area contributed by atoms with E-state index in [0.717, 1.165) is 16.5 Å². The Morgan fingerprint density at radius 1 is 1.12 bits per heavy atom. The van der Waals surface area contributed by atoms with Crippen molar-refractivity contribution < 1.29 is 0 Å². The molecule has 1 fully saturated rings. The molecule has 1 aliphatic rings. The molecule has 16 heavy (non-hydrogen) atoms. The van der Waals surface area contributed by atoms with Crippen LogP contribution in [0.2, 0.25) is 0 Å². The van der Waals surface area contributed by atoms with E-state index in [1.807, 2.05) is 0 Å². The molecule has 0 radical (unpaired) electrons. The van der Waals surface area contributed by atoms with E-state index in [-0.39, 0.29) is 0 Å². The van der Waals surface area contributed by atoms with Gasteiger partial charge in [-0.1, -0.05) is 40.0 Å². The molecule has 0 aromatic rings. The highest BCUT2D eigenvalue weighted by molar-refractivity contribution is 8.00. The highest BCUT2D eigenvalue weighted by atomic mass is 32.2. The van der Waals surface area contributed by atoms with Crippen LogP contribution < -0.4 is 5.32 Å². The van der Waals surface area contributed by atoms with Crippen molar-refractivity contribution >= 4 is 11.8 Å². The zero-order valence-electron chi connectivity index (χ0n) is 11.3. The van der Waals surface area contributed by atoms with Gasteiger partial charge in [0, 0.05) is 23.1 Å². The van der Waals surface area contributed by atoms with E-state index >= 15 is 0 Å². The van der Waals surface area contributed by atoms with Gasteiger partial charge in [-0.3, -0.25) is 0 Å². The van der Waals surface area contributed by atoms with Crippen molar-refractivity contribution in [2.75, 3.05) is 6.54 Å². The molecule has 0 aliphatic heterocycles. The van der Waals surface area contributed by atoms with E-state index in [0.29, 0.717) is 0 Å². The van der Waals surface area contributed by atoms with Crippen molar-refractivity contribution in [2.45, 2.75) is 82.3 Å². The number of hydrogen-bond donors (Lipinski definition) is 1. The Morgan fingerprint density at radius 2 is 1.75 bits per heavy atom. The topological polar surface area (TPSA) is 12.0 Å². The third kappa shape index (κ3) is 5.58. The normalized spacial score (nSPS) is 20.2. The summed E-state index contributed by atoms with van der Waals surface area (Å²) in [5.41, 5.74) is 0. The van der Waals surface area contributed by atoms with Crippen LogP contribution in [0.15, 0.2) is 0 Å². The van der Waals surface area contributed by atoms with Crippen molar-refractivity contribution in [3.05, 3.63) is 0 Å². The largest absolute Gasteiger partial charge is 0.313 e. The van der Waals surface area contributed by atoms with Crippen LogP contribution in [0.25, 0.3) is 0 Å². The molecule has 96 valence electrons. The first kappa shape index (κ1) is 14.4. The molecule has 1 nitrogen and oxygen atoms in total. The zero-order chi connectivity index (χ0) is 11.8. The van der Waals surface area contributed by atoms with Crippen molar-refractivity contribution in [3.8, 4) is 0 Å². The summed E-state index contributed by atoms with van der Waals surface area (Å²) in [6.07, 6.45) is 9.83. The minimum absolute atomic E-state index is 0.731.